The van der Waals surface area contributed by atoms with Gasteiger partial charge in [0, 0.05) is 12.1 Å². The Morgan fingerprint density at radius 3 is 3.00 bits per heavy atom. The first-order chi connectivity index (χ1) is 12.8. The van der Waals surface area contributed by atoms with Gasteiger partial charge in [0.25, 0.3) is 0 Å². The van der Waals surface area contributed by atoms with E-state index < -0.39 is 6.09 Å². The van der Waals surface area contributed by atoms with Crippen LogP contribution in [0.3, 0.4) is 0 Å². The molecule has 3 rings (SSSR count). The standard InChI is InChI=1S/C19H21N3O4/c1-2-9-26-21-17-11-16(18-20-8-10-24-18)12-22(13-17)19(23)25-14-15-6-4-3-5-7-15/h2-8,10-11,17,21H,1,9,12-14H2. The molecule has 1 amide bonds. The van der Waals surface area contributed by atoms with Gasteiger partial charge in [-0.3, -0.25) is 4.84 Å². The van der Waals surface area contributed by atoms with Crippen molar-refractivity contribution < 1.29 is 18.8 Å². The van der Waals surface area contributed by atoms with Crippen molar-refractivity contribution in [1.29, 1.82) is 0 Å². The van der Waals surface area contributed by atoms with Crippen LogP contribution in [0.1, 0.15) is 11.5 Å². The van der Waals surface area contributed by atoms with Crippen LogP contribution in [-0.2, 0) is 16.2 Å². The second-order valence-corrected chi connectivity index (χ2v) is 5.77. The average molecular weight is 355 g/mol. The summed E-state index contributed by atoms with van der Waals surface area (Å²) in [5.74, 6) is 0.473. The lowest BCUT2D eigenvalue weighted by Crippen LogP contribution is -2.46. The number of hydrogen-bond acceptors (Lipinski definition) is 6. The Morgan fingerprint density at radius 2 is 2.27 bits per heavy atom. The van der Waals surface area contributed by atoms with E-state index >= 15 is 0 Å². The van der Waals surface area contributed by atoms with E-state index in [0.29, 0.717) is 25.6 Å². The highest BCUT2D eigenvalue weighted by Gasteiger charge is 2.27. The van der Waals surface area contributed by atoms with Crippen molar-refractivity contribution in [2.75, 3.05) is 19.7 Å². The van der Waals surface area contributed by atoms with Gasteiger partial charge in [0.1, 0.15) is 12.9 Å². The van der Waals surface area contributed by atoms with Crippen molar-refractivity contribution in [3.8, 4) is 0 Å². The van der Waals surface area contributed by atoms with E-state index in [-0.39, 0.29) is 12.6 Å². The highest BCUT2D eigenvalue weighted by atomic mass is 16.6. The molecule has 0 radical (unpaired) electrons. The summed E-state index contributed by atoms with van der Waals surface area (Å²) in [6.07, 6.45) is 6.25. The van der Waals surface area contributed by atoms with Crippen LogP contribution >= 0.6 is 0 Å². The van der Waals surface area contributed by atoms with Crippen LogP contribution in [0.15, 0.2) is 65.9 Å². The van der Waals surface area contributed by atoms with Gasteiger partial charge in [-0.15, -0.1) is 6.58 Å². The Balaban J connectivity index is 1.65. The summed E-state index contributed by atoms with van der Waals surface area (Å²) in [6.45, 7) is 4.95. The van der Waals surface area contributed by atoms with E-state index in [1.807, 2.05) is 36.4 Å². The number of amides is 1. The van der Waals surface area contributed by atoms with Gasteiger partial charge in [-0.1, -0.05) is 42.5 Å². The first-order valence-corrected chi connectivity index (χ1v) is 8.30. The molecule has 1 atom stereocenters. The number of carbonyl (C=O) groups excluding carboxylic acids is 1. The number of aromatic nitrogens is 1. The van der Waals surface area contributed by atoms with Gasteiger partial charge in [-0.2, -0.15) is 5.48 Å². The largest absolute Gasteiger partial charge is 0.445 e. The first-order valence-electron chi connectivity index (χ1n) is 8.30. The maximum absolute atomic E-state index is 12.5. The molecule has 1 aliphatic heterocycles. The van der Waals surface area contributed by atoms with E-state index in [0.717, 1.165) is 11.1 Å². The van der Waals surface area contributed by atoms with Gasteiger partial charge in [0.15, 0.2) is 0 Å². The summed E-state index contributed by atoms with van der Waals surface area (Å²) >= 11 is 0. The zero-order valence-electron chi connectivity index (χ0n) is 14.3. The molecule has 136 valence electrons. The molecule has 0 saturated heterocycles. The zero-order chi connectivity index (χ0) is 18.2. The van der Waals surface area contributed by atoms with Crippen molar-refractivity contribution in [2.24, 2.45) is 0 Å². The van der Waals surface area contributed by atoms with E-state index in [1.54, 1.807) is 17.2 Å². The third-order valence-electron chi connectivity index (χ3n) is 3.79. The Morgan fingerprint density at radius 1 is 1.42 bits per heavy atom. The molecular formula is C19H21N3O4. The number of ether oxygens (including phenoxy) is 1. The van der Waals surface area contributed by atoms with Crippen LogP contribution in [0, 0.1) is 0 Å². The lowest BCUT2D eigenvalue weighted by Gasteiger charge is -2.30. The molecule has 1 aromatic heterocycles. The third kappa shape index (κ3) is 4.81. The second kappa shape index (κ2) is 8.98. The van der Waals surface area contributed by atoms with Crippen LogP contribution in [0.25, 0.3) is 5.57 Å². The monoisotopic (exact) mass is 355 g/mol. The molecule has 26 heavy (non-hydrogen) atoms. The molecule has 2 aromatic rings. The van der Waals surface area contributed by atoms with Gasteiger partial charge < -0.3 is 14.1 Å². The molecule has 2 heterocycles. The van der Waals surface area contributed by atoms with E-state index in [9.17, 15) is 4.79 Å². The summed E-state index contributed by atoms with van der Waals surface area (Å²) in [6, 6.07) is 9.34. The van der Waals surface area contributed by atoms with Gasteiger partial charge >= 0.3 is 6.09 Å². The van der Waals surface area contributed by atoms with E-state index in [2.05, 4.69) is 17.0 Å². The predicted octanol–water partition coefficient (Wildman–Crippen LogP) is 2.79. The molecule has 0 fully saturated rings. The molecule has 0 bridgehead atoms. The normalized spacial score (nSPS) is 16.8. The fraction of sp³-hybridized carbons (Fsp3) is 0.263. The summed E-state index contributed by atoms with van der Waals surface area (Å²) in [5.41, 5.74) is 4.63. The Labute approximate surface area is 151 Å². The van der Waals surface area contributed by atoms with Crippen molar-refractivity contribution >= 4 is 11.7 Å². The summed E-state index contributed by atoms with van der Waals surface area (Å²) in [5, 5.41) is 0. The highest BCUT2D eigenvalue weighted by molar-refractivity contribution is 5.73. The molecule has 0 aliphatic carbocycles. The van der Waals surface area contributed by atoms with Gasteiger partial charge in [-0.05, 0) is 5.56 Å². The minimum absolute atomic E-state index is 0.213. The zero-order valence-corrected chi connectivity index (χ0v) is 14.3. The smallest absolute Gasteiger partial charge is 0.410 e. The lowest BCUT2D eigenvalue weighted by atomic mass is 10.1. The van der Waals surface area contributed by atoms with E-state index in [4.69, 9.17) is 14.0 Å². The first kappa shape index (κ1) is 17.9. The average Bonchev–Trinajstić information content (AvgIpc) is 3.22. The Kier molecular flexibility index (Phi) is 6.19. The molecular weight excluding hydrogens is 334 g/mol. The number of hydrogen-bond donors (Lipinski definition) is 1. The van der Waals surface area contributed by atoms with Crippen LogP contribution in [0.2, 0.25) is 0 Å². The van der Waals surface area contributed by atoms with Crippen molar-refractivity contribution in [3.63, 3.8) is 0 Å². The van der Waals surface area contributed by atoms with Crippen LogP contribution in [0.4, 0.5) is 4.79 Å². The van der Waals surface area contributed by atoms with Gasteiger partial charge in [-0.25, -0.2) is 9.78 Å². The highest BCUT2D eigenvalue weighted by Crippen LogP contribution is 2.20. The van der Waals surface area contributed by atoms with Crippen molar-refractivity contribution in [1.82, 2.24) is 15.4 Å². The Bertz CT molecular complexity index is 743. The third-order valence-corrected chi connectivity index (χ3v) is 3.79. The quantitative estimate of drug-likeness (QED) is 0.468. The molecule has 1 N–H and O–H groups in total. The number of benzene rings is 1. The topological polar surface area (TPSA) is 76.8 Å². The SMILES string of the molecule is C=CCONC1C=C(c2ncco2)CN(C(=O)OCc2ccccc2)C1. The number of nitrogens with zero attached hydrogens (tertiary/aromatic N) is 2. The fourth-order valence-corrected chi connectivity index (χ4v) is 2.61. The minimum atomic E-state index is -0.401. The molecule has 1 aliphatic rings. The molecule has 1 unspecified atom stereocenters. The van der Waals surface area contributed by atoms with Crippen molar-refractivity contribution in [2.45, 2.75) is 12.6 Å². The molecule has 7 nitrogen and oxygen atoms in total. The number of nitrogens with one attached hydrogen (secondary N) is 1. The predicted molar refractivity (Wildman–Crippen MR) is 95.8 cm³/mol. The second-order valence-electron chi connectivity index (χ2n) is 5.77. The van der Waals surface area contributed by atoms with Crippen LogP contribution in [0.5, 0.6) is 0 Å². The lowest BCUT2D eigenvalue weighted by molar-refractivity contribution is 0.0325. The number of rotatable bonds is 7. The summed E-state index contributed by atoms with van der Waals surface area (Å²) in [7, 11) is 0. The Hall–Kier alpha value is -2.90. The van der Waals surface area contributed by atoms with Gasteiger partial charge in [0.05, 0.1) is 25.4 Å². The maximum Gasteiger partial charge on any atom is 0.410 e. The van der Waals surface area contributed by atoms with Crippen LogP contribution in [-0.4, -0.2) is 41.7 Å². The molecule has 0 saturated carbocycles. The summed E-state index contributed by atoms with van der Waals surface area (Å²) in [4.78, 5) is 23.6. The summed E-state index contributed by atoms with van der Waals surface area (Å²) < 4.78 is 10.8. The number of carbonyl (C=O) groups is 1. The maximum atomic E-state index is 12.5. The van der Waals surface area contributed by atoms with Crippen molar-refractivity contribution in [3.05, 3.63) is 73.0 Å². The molecule has 0 spiro atoms. The fourth-order valence-electron chi connectivity index (χ4n) is 2.61. The molecule has 1 aromatic carbocycles. The minimum Gasteiger partial charge on any atom is -0.445 e. The number of oxazole rings is 1. The molecule has 7 heteroatoms. The van der Waals surface area contributed by atoms with Gasteiger partial charge in [0.2, 0.25) is 5.89 Å². The van der Waals surface area contributed by atoms with Crippen LogP contribution < -0.4 is 5.48 Å². The number of hydroxylamine groups is 1. The van der Waals surface area contributed by atoms with E-state index in [1.165, 1.54) is 6.26 Å².